The summed E-state index contributed by atoms with van der Waals surface area (Å²) in [6.07, 6.45) is 4.17. The van der Waals surface area contributed by atoms with E-state index in [2.05, 4.69) is 15.3 Å². The summed E-state index contributed by atoms with van der Waals surface area (Å²) in [5.41, 5.74) is 1.01. The molecule has 4 nitrogen and oxygen atoms in total. The molecule has 82 valence electrons. The first-order valence-corrected chi connectivity index (χ1v) is 5.35. The minimum atomic E-state index is 0.283. The van der Waals surface area contributed by atoms with Gasteiger partial charge in [0.05, 0.1) is 6.10 Å². The van der Waals surface area contributed by atoms with Gasteiger partial charge in [-0.25, -0.2) is 9.97 Å². The topological polar surface area (TPSA) is 47.0 Å². The van der Waals surface area contributed by atoms with Gasteiger partial charge in [0.2, 0.25) is 5.28 Å². The minimum absolute atomic E-state index is 0.283. The lowest BCUT2D eigenvalue weighted by Gasteiger charge is -2.35. The fourth-order valence-electron chi connectivity index (χ4n) is 1.64. The second-order valence-electron chi connectivity index (χ2n) is 3.84. The lowest BCUT2D eigenvalue weighted by molar-refractivity contribution is 0.0328. The van der Waals surface area contributed by atoms with Crippen LogP contribution in [0.3, 0.4) is 0 Å². The van der Waals surface area contributed by atoms with E-state index in [0.29, 0.717) is 12.1 Å². The van der Waals surface area contributed by atoms with Crippen molar-refractivity contribution in [2.75, 3.05) is 12.4 Å². The monoisotopic (exact) mass is 227 g/mol. The fourth-order valence-corrected chi connectivity index (χ4v) is 1.77. The summed E-state index contributed by atoms with van der Waals surface area (Å²) in [5.74, 6) is 0.828. The Morgan fingerprint density at radius 2 is 2.27 bits per heavy atom. The molecule has 15 heavy (non-hydrogen) atoms. The van der Waals surface area contributed by atoms with Crippen LogP contribution in [0.1, 0.15) is 18.4 Å². The van der Waals surface area contributed by atoms with Crippen LogP contribution in [0, 0.1) is 6.92 Å². The van der Waals surface area contributed by atoms with Crippen molar-refractivity contribution in [2.45, 2.75) is 31.9 Å². The molecule has 0 amide bonds. The molecule has 2 rings (SSSR count). The van der Waals surface area contributed by atoms with Crippen LogP contribution in [0.4, 0.5) is 5.82 Å². The molecule has 0 atom stereocenters. The predicted octanol–water partition coefficient (Wildman–Crippen LogP) is 2.03. The first kappa shape index (κ1) is 10.6. The molecule has 1 aliphatic rings. The van der Waals surface area contributed by atoms with Gasteiger partial charge in [-0.15, -0.1) is 0 Å². The Hall–Kier alpha value is -0.870. The number of halogens is 1. The zero-order chi connectivity index (χ0) is 10.8. The molecule has 1 aromatic rings. The Labute approximate surface area is 94.0 Å². The normalized spacial score (nSPS) is 24.7. The van der Waals surface area contributed by atoms with Crippen LogP contribution in [0.25, 0.3) is 0 Å². The second kappa shape index (κ2) is 4.33. The largest absolute Gasteiger partial charge is 0.381 e. The lowest BCUT2D eigenvalue weighted by atomic mass is 9.89. The highest BCUT2D eigenvalue weighted by Gasteiger charge is 2.29. The van der Waals surface area contributed by atoms with Gasteiger partial charge in [0.25, 0.3) is 0 Å². The molecular weight excluding hydrogens is 214 g/mol. The fraction of sp³-hybridized carbons (Fsp3) is 0.600. The van der Waals surface area contributed by atoms with Crippen LogP contribution >= 0.6 is 11.6 Å². The third-order valence-electron chi connectivity index (χ3n) is 2.71. The molecule has 0 radical (unpaired) electrons. The quantitative estimate of drug-likeness (QED) is 0.803. The Bertz CT molecular complexity index is 353. The zero-order valence-electron chi connectivity index (χ0n) is 8.83. The molecule has 1 aromatic heterocycles. The van der Waals surface area contributed by atoms with Gasteiger partial charge in [-0.3, -0.25) is 0 Å². The van der Waals surface area contributed by atoms with Crippen molar-refractivity contribution >= 4 is 17.4 Å². The summed E-state index contributed by atoms with van der Waals surface area (Å²) in [6, 6.07) is 0.444. The molecule has 0 aromatic carbocycles. The van der Waals surface area contributed by atoms with E-state index in [1.54, 1.807) is 13.3 Å². The number of aromatic nitrogens is 2. The summed E-state index contributed by atoms with van der Waals surface area (Å²) in [7, 11) is 1.74. The Morgan fingerprint density at radius 1 is 1.53 bits per heavy atom. The summed E-state index contributed by atoms with van der Waals surface area (Å²) in [4.78, 5) is 8.06. The van der Waals surface area contributed by atoms with Gasteiger partial charge in [0, 0.05) is 24.9 Å². The average molecular weight is 228 g/mol. The van der Waals surface area contributed by atoms with Crippen LogP contribution in [0.2, 0.25) is 5.28 Å². The molecule has 1 aliphatic carbocycles. The first-order valence-electron chi connectivity index (χ1n) is 4.97. The van der Waals surface area contributed by atoms with Crippen molar-refractivity contribution in [3.8, 4) is 0 Å². The van der Waals surface area contributed by atoms with E-state index in [1.807, 2.05) is 6.92 Å². The number of rotatable bonds is 3. The van der Waals surface area contributed by atoms with Gasteiger partial charge >= 0.3 is 0 Å². The zero-order valence-corrected chi connectivity index (χ0v) is 9.58. The van der Waals surface area contributed by atoms with Gasteiger partial charge in [-0.1, -0.05) is 0 Å². The molecule has 0 aliphatic heterocycles. The van der Waals surface area contributed by atoms with Gasteiger partial charge in [-0.2, -0.15) is 0 Å². The number of anilines is 1. The van der Waals surface area contributed by atoms with Gasteiger partial charge < -0.3 is 10.1 Å². The van der Waals surface area contributed by atoms with E-state index in [-0.39, 0.29) is 5.28 Å². The summed E-state index contributed by atoms with van der Waals surface area (Å²) in [6.45, 7) is 1.96. The van der Waals surface area contributed by atoms with Gasteiger partial charge in [-0.05, 0) is 31.4 Å². The highest BCUT2D eigenvalue weighted by Crippen LogP contribution is 2.26. The van der Waals surface area contributed by atoms with Crippen molar-refractivity contribution in [1.82, 2.24) is 9.97 Å². The van der Waals surface area contributed by atoms with Crippen molar-refractivity contribution in [1.29, 1.82) is 0 Å². The van der Waals surface area contributed by atoms with Gasteiger partial charge in [0.1, 0.15) is 5.82 Å². The summed E-state index contributed by atoms with van der Waals surface area (Å²) >= 11 is 5.73. The molecule has 1 fully saturated rings. The number of nitrogens with one attached hydrogen (secondary N) is 1. The maximum absolute atomic E-state index is 5.73. The van der Waals surface area contributed by atoms with Crippen molar-refractivity contribution in [3.05, 3.63) is 17.0 Å². The van der Waals surface area contributed by atoms with E-state index in [9.17, 15) is 0 Å². The predicted molar refractivity (Wildman–Crippen MR) is 59.2 cm³/mol. The summed E-state index contributed by atoms with van der Waals surface area (Å²) < 4.78 is 5.21. The van der Waals surface area contributed by atoms with Gasteiger partial charge in [0.15, 0.2) is 0 Å². The number of aryl methyl sites for hydroxylation is 1. The third kappa shape index (κ3) is 2.38. The molecule has 5 heteroatoms. The second-order valence-corrected chi connectivity index (χ2v) is 4.18. The first-order chi connectivity index (χ1) is 7.19. The molecule has 1 N–H and O–H groups in total. The Balaban J connectivity index is 1.97. The van der Waals surface area contributed by atoms with Crippen LogP contribution < -0.4 is 5.32 Å². The SMILES string of the molecule is COC1CC(Nc2nc(Cl)ncc2C)C1. The van der Waals surface area contributed by atoms with E-state index < -0.39 is 0 Å². The van der Waals surface area contributed by atoms with E-state index in [1.165, 1.54) is 0 Å². The van der Waals surface area contributed by atoms with Crippen LogP contribution in [0.5, 0.6) is 0 Å². The maximum Gasteiger partial charge on any atom is 0.224 e. The molecule has 1 saturated carbocycles. The molecular formula is C10H14ClN3O. The van der Waals surface area contributed by atoms with E-state index >= 15 is 0 Å². The maximum atomic E-state index is 5.73. The van der Waals surface area contributed by atoms with E-state index in [4.69, 9.17) is 16.3 Å². The van der Waals surface area contributed by atoms with Crippen molar-refractivity contribution in [2.24, 2.45) is 0 Å². The highest BCUT2D eigenvalue weighted by molar-refractivity contribution is 6.28. The Kier molecular flexibility index (Phi) is 3.07. The molecule has 1 heterocycles. The smallest absolute Gasteiger partial charge is 0.224 e. The molecule has 0 saturated heterocycles. The molecule has 0 unspecified atom stereocenters. The lowest BCUT2D eigenvalue weighted by Crippen LogP contribution is -2.40. The average Bonchev–Trinajstić information content (AvgIpc) is 2.16. The number of nitrogens with zero attached hydrogens (tertiary/aromatic N) is 2. The Morgan fingerprint density at radius 3 is 2.93 bits per heavy atom. The molecule has 0 spiro atoms. The van der Waals surface area contributed by atoms with Crippen LogP contribution in [-0.4, -0.2) is 29.2 Å². The van der Waals surface area contributed by atoms with Crippen LogP contribution in [-0.2, 0) is 4.74 Å². The number of ether oxygens (including phenoxy) is 1. The minimum Gasteiger partial charge on any atom is -0.381 e. The van der Waals surface area contributed by atoms with Crippen molar-refractivity contribution in [3.63, 3.8) is 0 Å². The number of hydrogen-bond donors (Lipinski definition) is 1. The summed E-state index contributed by atoms with van der Waals surface area (Å²) in [5, 5.41) is 3.62. The highest BCUT2D eigenvalue weighted by atomic mass is 35.5. The van der Waals surface area contributed by atoms with E-state index in [0.717, 1.165) is 24.2 Å². The van der Waals surface area contributed by atoms with Crippen molar-refractivity contribution < 1.29 is 4.74 Å². The third-order valence-corrected chi connectivity index (χ3v) is 2.89. The number of methoxy groups -OCH3 is 1. The molecule has 0 bridgehead atoms. The number of hydrogen-bond acceptors (Lipinski definition) is 4. The van der Waals surface area contributed by atoms with Crippen LogP contribution in [0.15, 0.2) is 6.20 Å². The standard InChI is InChI=1S/C10H14ClN3O/c1-6-5-12-10(11)14-9(6)13-7-3-8(4-7)15-2/h5,7-8H,3-4H2,1-2H3,(H,12,13,14).